The van der Waals surface area contributed by atoms with Crippen LogP contribution in [-0.4, -0.2) is 25.5 Å². The summed E-state index contributed by atoms with van der Waals surface area (Å²) in [5.74, 6) is 0.414. The Bertz CT molecular complexity index is 432. The lowest BCUT2D eigenvalue weighted by atomic mass is 10.1. The van der Waals surface area contributed by atoms with E-state index in [-0.39, 0.29) is 5.78 Å². The highest BCUT2D eigenvalue weighted by atomic mass is 16.5. The van der Waals surface area contributed by atoms with Crippen LogP contribution < -0.4 is 4.74 Å². The monoisotopic (exact) mass is 248 g/mol. The number of hydrogen-bond acceptors (Lipinski definition) is 4. The standard InChI is InChI=1S/C14H16O4/c1-11(15)10-12-5-7-13(8-6-12)18-9-3-4-14(16)17-2/h3-8H,9-10H2,1-2H3. The molecular weight excluding hydrogens is 232 g/mol. The van der Waals surface area contributed by atoms with Crippen molar-refractivity contribution in [2.75, 3.05) is 13.7 Å². The number of ether oxygens (including phenoxy) is 2. The Morgan fingerprint density at radius 2 is 1.89 bits per heavy atom. The predicted octanol–water partition coefficient (Wildman–Crippen LogP) is 1.93. The molecule has 1 aromatic carbocycles. The molecule has 4 nitrogen and oxygen atoms in total. The summed E-state index contributed by atoms with van der Waals surface area (Å²) in [6.45, 7) is 1.85. The van der Waals surface area contributed by atoms with Crippen LogP contribution in [0.1, 0.15) is 12.5 Å². The van der Waals surface area contributed by atoms with E-state index >= 15 is 0 Å². The van der Waals surface area contributed by atoms with Gasteiger partial charge < -0.3 is 9.47 Å². The highest BCUT2D eigenvalue weighted by Crippen LogP contribution is 2.12. The van der Waals surface area contributed by atoms with Gasteiger partial charge >= 0.3 is 5.97 Å². The Kier molecular flexibility index (Phi) is 5.64. The van der Waals surface area contributed by atoms with Gasteiger partial charge in [-0.1, -0.05) is 12.1 Å². The number of benzene rings is 1. The normalized spacial score (nSPS) is 10.3. The highest BCUT2D eigenvalue weighted by molar-refractivity contribution is 5.81. The molecule has 4 heteroatoms. The summed E-state index contributed by atoms with van der Waals surface area (Å²) in [6.07, 6.45) is 3.32. The molecule has 1 aromatic rings. The molecule has 0 radical (unpaired) electrons. The van der Waals surface area contributed by atoms with Crippen LogP contribution in [0.4, 0.5) is 0 Å². The predicted molar refractivity (Wildman–Crippen MR) is 67.5 cm³/mol. The summed E-state index contributed by atoms with van der Waals surface area (Å²) in [5.41, 5.74) is 0.958. The molecule has 0 heterocycles. The molecule has 0 saturated heterocycles. The van der Waals surface area contributed by atoms with Crippen molar-refractivity contribution in [2.24, 2.45) is 0 Å². The van der Waals surface area contributed by atoms with E-state index in [0.717, 1.165) is 5.56 Å². The summed E-state index contributed by atoms with van der Waals surface area (Å²) in [5, 5.41) is 0. The molecule has 0 amide bonds. The first-order chi connectivity index (χ1) is 8.61. The van der Waals surface area contributed by atoms with Crippen LogP contribution in [0.2, 0.25) is 0 Å². The van der Waals surface area contributed by atoms with Gasteiger partial charge in [0.05, 0.1) is 7.11 Å². The van der Waals surface area contributed by atoms with E-state index in [2.05, 4.69) is 4.74 Å². The van der Waals surface area contributed by atoms with Crippen LogP contribution in [-0.2, 0) is 20.7 Å². The molecule has 0 aliphatic rings. The molecule has 0 atom stereocenters. The number of carbonyl (C=O) groups excluding carboxylic acids is 2. The Morgan fingerprint density at radius 1 is 1.22 bits per heavy atom. The fraction of sp³-hybridized carbons (Fsp3) is 0.286. The van der Waals surface area contributed by atoms with E-state index in [1.54, 1.807) is 25.1 Å². The first kappa shape index (κ1) is 14.0. The minimum absolute atomic E-state index is 0.129. The van der Waals surface area contributed by atoms with Crippen LogP contribution in [0.25, 0.3) is 0 Å². The average molecular weight is 248 g/mol. The van der Waals surface area contributed by atoms with Gasteiger partial charge in [0.25, 0.3) is 0 Å². The fourth-order valence-corrected chi connectivity index (χ4v) is 1.35. The van der Waals surface area contributed by atoms with Crippen LogP contribution in [0.15, 0.2) is 36.4 Å². The molecular formula is C14H16O4. The molecule has 0 unspecified atom stereocenters. The lowest BCUT2D eigenvalue weighted by Crippen LogP contribution is -1.99. The van der Waals surface area contributed by atoms with Crippen molar-refractivity contribution in [3.05, 3.63) is 42.0 Å². The number of esters is 1. The van der Waals surface area contributed by atoms with Crippen molar-refractivity contribution in [3.63, 3.8) is 0 Å². The van der Waals surface area contributed by atoms with Gasteiger partial charge in [-0.3, -0.25) is 4.79 Å². The Balaban J connectivity index is 2.42. The zero-order valence-corrected chi connectivity index (χ0v) is 10.5. The number of Topliss-reactive ketones (excluding diaryl/α,β-unsaturated/α-hetero) is 1. The second kappa shape index (κ2) is 7.27. The largest absolute Gasteiger partial charge is 0.490 e. The maximum atomic E-state index is 10.9. The second-order valence-corrected chi connectivity index (χ2v) is 3.76. The average Bonchev–Trinajstić information content (AvgIpc) is 2.35. The molecule has 1 rings (SSSR count). The Labute approximate surface area is 106 Å². The summed E-state index contributed by atoms with van der Waals surface area (Å²) in [7, 11) is 1.32. The van der Waals surface area contributed by atoms with Crippen LogP contribution in [0.5, 0.6) is 5.75 Å². The third-order valence-corrected chi connectivity index (χ3v) is 2.18. The molecule has 96 valence electrons. The third kappa shape index (κ3) is 5.30. The summed E-state index contributed by atoms with van der Waals surface area (Å²) in [6, 6.07) is 7.29. The van der Waals surface area contributed by atoms with Crippen molar-refractivity contribution in [2.45, 2.75) is 13.3 Å². The number of rotatable bonds is 6. The van der Waals surface area contributed by atoms with Gasteiger partial charge in [-0.15, -0.1) is 0 Å². The van der Waals surface area contributed by atoms with E-state index in [1.807, 2.05) is 12.1 Å². The van der Waals surface area contributed by atoms with E-state index in [0.29, 0.717) is 18.8 Å². The molecule has 0 spiro atoms. The van der Waals surface area contributed by atoms with Crippen molar-refractivity contribution < 1.29 is 19.1 Å². The maximum Gasteiger partial charge on any atom is 0.330 e. The van der Waals surface area contributed by atoms with Gasteiger partial charge in [0.1, 0.15) is 18.1 Å². The zero-order chi connectivity index (χ0) is 13.4. The fourth-order valence-electron chi connectivity index (χ4n) is 1.35. The van der Waals surface area contributed by atoms with Gasteiger partial charge in [-0.2, -0.15) is 0 Å². The first-order valence-electron chi connectivity index (χ1n) is 5.57. The number of ketones is 1. The molecule has 0 aliphatic heterocycles. The first-order valence-corrected chi connectivity index (χ1v) is 5.57. The summed E-state index contributed by atoms with van der Waals surface area (Å²) in [4.78, 5) is 21.7. The van der Waals surface area contributed by atoms with Crippen LogP contribution in [0.3, 0.4) is 0 Å². The molecule has 0 fully saturated rings. The molecule has 0 saturated carbocycles. The topological polar surface area (TPSA) is 52.6 Å². The van der Waals surface area contributed by atoms with E-state index in [1.165, 1.54) is 13.2 Å². The van der Waals surface area contributed by atoms with Gasteiger partial charge in [-0.25, -0.2) is 4.79 Å². The molecule has 0 bridgehead atoms. The third-order valence-electron chi connectivity index (χ3n) is 2.18. The molecule has 0 aromatic heterocycles. The second-order valence-electron chi connectivity index (χ2n) is 3.76. The lowest BCUT2D eigenvalue weighted by Gasteiger charge is -2.04. The highest BCUT2D eigenvalue weighted by Gasteiger charge is 1.98. The number of methoxy groups -OCH3 is 1. The summed E-state index contributed by atoms with van der Waals surface area (Å²) < 4.78 is 9.82. The van der Waals surface area contributed by atoms with Gasteiger partial charge in [0, 0.05) is 12.5 Å². The zero-order valence-electron chi connectivity index (χ0n) is 10.5. The number of hydrogen-bond donors (Lipinski definition) is 0. The molecule has 0 aliphatic carbocycles. The van der Waals surface area contributed by atoms with Crippen molar-refractivity contribution in [3.8, 4) is 5.75 Å². The molecule has 18 heavy (non-hydrogen) atoms. The van der Waals surface area contributed by atoms with Crippen molar-refractivity contribution >= 4 is 11.8 Å². The lowest BCUT2D eigenvalue weighted by molar-refractivity contribution is -0.134. The smallest absolute Gasteiger partial charge is 0.330 e. The number of carbonyl (C=O) groups is 2. The van der Waals surface area contributed by atoms with Gasteiger partial charge in [0.15, 0.2) is 0 Å². The maximum absolute atomic E-state index is 10.9. The van der Waals surface area contributed by atoms with E-state index < -0.39 is 5.97 Å². The van der Waals surface area contributed by atoms with Gasteiger partial charge in [-0.05, 0) is 30.7 Å². The minimum atomic E-state index is -0.407. The van der Waals surface area contributed by atoms with Crippen LogP contribution in [0, 0.1) is 0 Å². The Hall–Kier alpha value is -2.10. The Morgan fingerprint density at radius 3 is 2.44 bits per heavy atom. The van der Waals surface area contributed by atoms with E-state index in [4.69, 9.17) is 4.74 Å². The molecule has 0 N–H and O–H groups in total. The van der Waals surface area contributed by atoms with Crippen molar-refractivity contribution in [1.82, 2.24) is 0 Å². The van der Waals surface area contributed by atoms with E-state index in [9.17, 15) is 9.59 Å². The minimum Gasteiger partial charge on any atom is -0.490 e. The van der Waals surface area contributed by atoms with Crippen molar-refractivity contribution in [1.29, 1.82) is 0 Å². The van der Waals surface area contributed by atoms with Gasteiger partial charge in [0.2, 0.25) is 0 Å². The SMILES string of the molecule is COC(=O)C=CCOc1ccc(CC(C)=O)cc1. The van der Waals surface area contributed by atoms with Crippen LogP contribution >= 0.6 is 0 Å². The quantitative estimate of drug-likeness (QED) is 0.570. The summed E-state index contributed by atoms with van der Waals surface area (Å²) >= 11 is 0.